The van der Waals surface area contributed by atoms with E-state index in [9.17, 15) is 4.79 Å². The Morgan fingerprint density at radius 1 is 1.00 bits per heavy atom. The molecule has 1 amide bonds. The number of carbonyl (C=O) groups is 1. The van der Waals surface area contributed by atoms with Gasteiger partial charge in [-0.15, -0.1) is 0 Å². The van der Waals surface area contributed by atoms with E-state index in [-0.39, 0.29) is 0 Å². The molecule has 1 fully saturated rings. The zero-order chi connectivity index (χ0) is 14.8. The molecule has 1 saturated carbocycles. The van der Waals surface area contributed by atoms with E-state index in [0.29, 0.717) is 17.7 Å². The summed E-state index contributed by atoms with van der Waals surface area (Å²) in [6, 6.07) is 0. The van der Waals surface area contributed by atoms with Crippen LogP contribution >= 0.6 is 0 Å². The zero-order valence-corrected chi connectivity index (χ0v) is 13.6. The van der Waals surface area contributed by atoms with Crippen molar-refractivity contribution in [1.29, 1.82) is 0 Å². The van der Waals surface area contributed by atoms with Crippen LogP contribution in [0.5, 0.6) is 0 Å². The van der Waals surface area contributed by atoms with Crippen molar-refractivity contribution in [2.75, 3.05) is 19.6 Å². The van der Waals surface area contributed by atoms with Crippen LogP contribution in [0.25, 0.3) is 0 Å². The summed E-state index contributed by atoms with van der Waals surface area (Å²) < 4.78 is 0. The molecular formula is C17H34N2O. The molecule has 1 rings (SSSR count). The van der Waals surface area contributed by atoms with Gasteiger partial charge in [-0.3, -0.25) is 4.79 Å². The highest BCUT2D eigenvalue weighted by molar-refractivity contribution is 5.76. The van der Waals surface area contributed by atoms with Crippen LogP contribution in [0, 0.1) is 11.8 Å². The van der Waals surface area contributed by atoms with Gasteiger partial charge in [-0.1, -0.05) is 26.7 Å². The first-order chi connectivity index (χ1) is 9.71. The maximum atomic E-state index is 12.5. The molecule has 0 aromatic heterocycles. The van der Waals surface area contributed by atoms with Crippen molar-refractivity contribution < 1.29 is 4.79 Å². The fourth-order valence-electron chi connectivity index (χ4n) is 3.11. The first-order valence-electron chi connectivity index (χ1n) is 8.69. The van der Waals surface area contributed by atoms with Gasteiger partial charge in [0.25, 0.3) is 0 Å². The Labute approximate surface area is 125 Å². The van der Waals surface area contributed by atoms with E-state index in [2.05, 4.69) is 18.7 Å². The van der Waals surface area contributed by atoms with Crippen molar-refractivity contribution in [1.82, 2.24) is 4.90 Å². The third kappa shape index (κ3) is 6.25. The summed E-state index contributed by atoms with van der Waals surface area (Å²) in [6.07, 6.45) is 10.2. The first kappa shape index (κ1) is 17.5. The fraction of sp³-hybridized carbons (Fsp3) is 0.941. The Morgan fingerprint density at radius 2 is 1.50 bits per heavy atom. The number of hydrogen-bond donors (Lipinski definition) is 1. The van der Waals surface area contributed by atoms with Gasteiger partial charge in [0, 0.05) is 19.5 Å². The molecule has 2 N–H and O–H groups in total. The molecule has 0 spiro atoms. The van der Waals surface area contributed by atoms with Crippen LogP contribution in [0.3, 0.4) is 0 Å². The lowest BCUT2D eigenvalue weighted by molar-refractivity contribution is -0.132. The minimum absolute atomic E-state index is 0.392. The quantitative estimate of drug-likeness (QED) is 0.702. The van der Waals surface area contributed by atoms with Gasteiger partial charge in [0.1, 0.15) is 0 Å². The van der Waals surface area contributed by atoms with Crippen molar-refractivity contribution in [3.63, 3.8) is 0 Å². The number of nitrogens with two attached hydrogens (primary N) is 1. The molecule has 0 atom stereocenters. The summed E-state index contributed by atoms with van der Waals surface area (Å²) in [7, 11) is 0. The van der Waals surface area contributed by atoms with Crippen LogP contribution in [0.2, 0.25) is 0 Å². The third-order valence-electron chi connectivity index (χ3n) is 4.68. The molecule has 0 saturated heterocycles. The van der Waals surface area contributed by atoms with E-state index < -0.39 is 0 Å². The minimum atomic E-state index is 0.392. The van der Waals surface area contributed by atoms with Crippen LogP contribution in [-0.2, 0) is 4.79 Å². The molecule has 0 radical (unpaired) electrons. The van der Waals surface area contributed by atoms with Gasteiger partial charge >= 0.3 is 0 Å². The largest absolute Gasteiger partial charge is 0.343 e. The Bertz CT molecular complexity index is 252. The molecule has 0 unspecified atom stereocenters. The van der Waals surface area contributed by atoms with Crippen LogP contribution in [0.15, 0.2) is 0 Å². The predicted molar refractivity (Wildman–Crippen MR) is 85.5 cm³/mol. The second kappa shape index (κ2) is 10.2. The van der Waals surface area contributed by atoms with Gasteiger partial charge < -0.3 is 10.6 Å². The van der Waals surface area contributed by atoms with Gasteiger partial charge in [-0.25, -0.2) is 0 Å². The van der Waals surface area contributed by atoms with Gasteiger partial charge in [0.15, 0.2) is 0 Å². The molecule has 0 aromatic carbocycles. The molecular weight excluding hydrogens is 248 g/mol. The van der Waals surface area contributed by atoms with Crippen molar-refractivity contribution >= 4 is 5.91 Å². The lowest BCUT2D eigenvalue weighted by Gasteiger charge is -2.30. The highest BCUT2D eigenvalue weighted by Gasteiger charge is 2.24. The van der Waals surface area contributed by atoms with Crippen molar-refractivity contribution in [3.8, 4) is 0 Å². The number of amides is 1. The smallest absolute Gasteiger partial charge is 0.222 e. The average Bonchev–Trinajstić information content (AvgIpc) is 2.48. The van der Waals surface area contributed by atoms with E-state index in [0.717, 1.165) is 51.7 Å². The molecule has 118 valence electrons. The standard InChI is InChI=1S/C17H34N2O/c1-3-5-11-19(12-6-4-2)17(20)13-15-7-9-16(14-18)10-8-15/h15-16H,3-14,18H2,1-2H3. The van der Waals surface area contributed by atoms with Crippen LogP contribution in [0.1, 0.15) is 71.6 Å². The Balaban J connectivity index is 2.36. The summed E-state index contributed by atoms with van der Waals surface area (Å²) in [5.74, 6) is 1.71. The van der Waals surface area contributed by atoms with E-state index in [1.807, 2.05) is 0 Å². The summed E-state index contributed by atoms with van der Waals surface area (Å²) in [5, 5.41) is 0. The number of rotatable bonds is 9. The Morgan fingerprint density at radius 3 is 1.95 bits per heavy atom. The van der Waals surface area contributed by atoms with Crippen LogP contribution in [0.4, 0.5) is 0 Å². The molecule has 0 bridgehead atoms. The second-order valence-electron chi connectivity index (χ2n) is 6.41. The lowest BCUT2D eigenvalue weighted by Crippen LogP contribution is -2.35. The first-order valence-corrected chi connectivity index (χ1v) is 8.69. The van der Waals surface area contributed by atoms with Crippen LogP contribution in [-0.4, -0.2) is 30.4 Å². The maximum absolute atomic E-state index is 12.5. The number of carbonyl (C=O) groups excluding carboxylic acids is 1. The summed E-state index contributed by atoms with van der Waals surface area (Å²) in [6.45, 7) is 7.11. The van der Waals surface area contributed by atoms with Gasteiger partial charge in [0.2, 0.25) is 5.91 Å². The molecule has 3 nitrogen and oxygen atoms in total. The topological polar surface area (TPSA) is 46.3 Å². The minimum Gasteiger partial charge on any atom is -0.343 e. The summed E-state index contributed by atoms with van der Waals surface area (Å²) >= 11 is 0. The summed E-state index contributed by atoms with van der Waals surface area (Å²) in [4.78, 5) is 14.6. The van der Waals surface area contributed by atoms with Crippen molar-refractivity contribution in [2.45, 2.75) is 71.6 Å². The van der Waals surface area contributed by atoms with E-state index in [1.165, 1.54) is 25.7 Å². The van der Waals surface area contributed by atoms with E-state index in [4.69, 9.17) is 5.73 Å². The second-order valence-corrected chi connectivity index (χ2v) is 6.41. The van der Waals surface area contributed by atoms with Gasteiger partial charge in [-0.2, -0.15) is 0 Å². The monoisotopic (exact) mass is 282 g/mol. The highest BCUT2D eigenvalue weighted by Crippen LogP contribution is 2.30. The summed E-state index contributed by atoms with van der Waals surface area (Å²) in [5.41, 5.74) is 5.73. The predicted octanol–water partition coefficient (Wildman–Crippen LogP) is 3.57. The van der Waals surface area contributed by atoms with Crippen molar-refractivity contribution in [3.05, 3.63) is 0 Å². The van der Waals surface area contributed by atoms with Gasteiger partial charge in [0.05, 0.1) is 0 Å². The third-order valence-corrected chi connectivity index (χ3v) is 4.68. The lowest BCUT2D eigenvalue weighted by atomic mass is 9.80. The number of nitrogens with zero attached hydrogens (tertiary/aromatic N) is 1. The van der Waals surface area contributed by atoms with Crippen molar-refractivity contribution in [2.24, 2.45) is 17.6 Å². The molecule has 1 aliphatic carbocycles. The molecule has 0 heterocycles. The van der Waals surface area contributed by atoms with Crippen LogP contribution < -0.4 is 5.73 Å². The Hall–Kier alpha value is -0.570. The molecule has 20 heavy (non-hydrogen) atoms. The zero-order valence-electron chi connectivity index (χ0n) is 13.6. The Kier molecular flexibility index (Phi) is 8.92. The fourth-order valence-corrected chi connectivity index (χ4v) is 3.11. The van der Waals surface area contributed by atoms with E-state index in [1.54, 1.807) is 0 Å². The average molecular weight is 282 g/mol. The molecule has 3 heteroatoms. The molecule has 1 aliphatic rings. The molecule has 0 aliphatic heterocycles. The SMILES string of the molecule is CCCCN(CCCC)C(=O)CC1CCC(CN)CC1. The van der Waals surface area contributed by atoms with Gasteiger partial charge in [-0.05, 0) is 56.9 Å². The maximum Gasteiger partial charge on any atom is 0.222 e. The normalized spacial score (nSPS) is 22.8. The van der Waals surface area contributed by atoms with E-state index >= 15 is 0 Å². The molecule has 0 aromatic rings. The highest BCUT2D eigenvalue weighted by atomic mass is 16.2. The number of unbranched alkanes of at least 4 members (excludes halogenated alkanes) is 2. The number of hydrogen-bond acceptors (Lipinski definition) is 2.